The Morgan fingerprint density at radius 3 is 3.05 bits per heavy atom. The lowest BCUT2D eigenvalue weighted by Gasteiger charge is -2.14. The first-order valence-corrected chi connectivity index (χ1v) is 9.06. The molecule has 1 saturated carbocycles. The smallest absolute Gasteiger partial charge is 0.209 e. The minimum absolute atomic E-state index is 0.0728. The van der Waals surface area contributed by atoms with Crippen LogP contribution in [0.1, 0.15) is 19.3 Å². The number of sulfonamides is 1. The van der Waals surface area contributed by atoms with Crippen molar-refractivity contribution in [3.63, 3.8) is 0 Å². The standard InChI is InChI=1S/C12H16N4O2S2/c13-20(17,18)6-8-1-2-9(5-8)16-12-11-10(3-4-19-11)14-7-15-12/h3-4,7-9H,1-2,5-6H2,(H2,13,17,18)(H,14,15,16)/t8-,9+/m1/s1. The van der Waals surface area contributed by atoms with Gasteiger partial charge >= 0.3 is 0 Å². The molecule has 0 spiro atoms. The average molecular weight is 312 g/mol. The summed E-state index contributed by atoms with van der Waals surface area (Å²) in [6, 6.07) is 2.22. The Hall–Kier alpha value is -1.25. The average Bonchev–Trinajstić information content (AvgIpc) is 2.96. The minimum Gasteiger partial charge on any atom is -0.366 e. The van der Waals surface area contributed by atoms with Crippen molar-refractivity contribution in [3.8, 4) is 0 Å². The van der Waals surface area contributed by atoms with E-state index in [0.29, 0.717) is 0 Å². The Labute approximate surface area is 121 Å². The quantitative estimate of drug-likeness (QED) is 0.893. The first-order chi connectivity index (χ1) is 9.51. The van der Waals surface area contributed by atoms with E-state index in [-0.39, 0.29) is 17.7 Å². The van der Waals surface area contributed by atoms with E-state index in [9.17, 15) is 8.42 Å². The van der Waals surface area contributed by atoms with Gasteiger partial charge in [-0.3, -0.25) is 0 Å². The second-order valence-electron chi connectivity index (χ2n) is 5.21. The van der Waals surface area contributed by atoms with Crippen LogP contribution in [0, 0.1) is 5.92 Å². The molecule has 8 heteroatoms. The number of thiophene rings is 1. The number of primary sulfonamides is 1. The summed E-state index contributed by atoms with van der Waals surface area (Å²) in [6.07, 6.45) is 4.19. The highest BCUT2D eigenvalue weighted by Gasteiger charge is 2.28. The largest absolute Gasteiger partial charge is 0.366 e. The predicted octanol–water partition coefficient (Wildman–Crippen LogP) is 1.56. The highest BCUT2D eigenvalue weighted by Crippen LogP contribution is 2.31. The topological polar surface area (TPSA) is 98.0 Å². The van der Waals surface area contributed by atoms with Crippen LogP contribution in [0.25, 0.3) is 10.2 Å². The number of nitrogens with one attached hydrogen (secondary N) is 1. The number of rotatable bonds is 4. The van der Waals surface area contributed by atoms with Gasteiger partial charge in [-0.25, -0.2) is 23.5 Å². The van der Waals surface area contributed by atoms with Gasteiger partial charge in [0.15, 0.2) is 0 Å². The number of aromatic nitrogens is 2. The maximum Gasteiger partial charge on any atom is 0.209 e. The summed E-state index contributed by atoms with van der Waals surface area (Å²) in [7, 11) is -3.38. The van der Waals surface area contributed by atoms with Crippen LogP contribution < -0.4 is 10.5 Å². The van der Waals surface area contributed by atoms with Gasteiger partial charge in [-0.15, -0.1) is 11.3 Å². The molecule has 6 nitrogen and oxygen atoms in total. The third-order valence-corrected chi connectivity index (χ3v) is 5.44. The molecule has 3 rings (SSSR count). The predicted molar refractivity (Wildman–Crippen MR) is 80.1 cm³/mol. The fraction of sp³-hybridized carbons (Fsp3) is 0.500. The molecule has 0 saturated heterocycles. The van der Waals surface area contributed by atoms with Gasteiger partial charge in [-0.05, 0) is 36.6 Å². The maximum absolute atomic E-state index is 11.1. The number of nitrogens with two attached hydrogens (primary N) is 1. The van der Waals surface area contributed by atoms with Crippen molar-refractivity contribution in [2.45, 2.75) is 25.3 Å². The van der Waals surface area contributed by atoms with E-state index in [2.05, 4.69) is 15.3 Å². The summed E-state index contributed by atoms with van der Waals surface area (Å²) < 4.78 is 23.3. The van der Waals surface area contributed by atoms with E-state index in [1.165, 1.54) is 0 Å². The Morgan fingerprint density at radius 1 is 1.40 bits per heavy atom. The van der Waals surface area contributed by atoms with Gasteiger partial charge in [0.2, 0.25) is 10.0 Å². The molecule has 0 bridgehead atoms. The molecule has 1 aliphatic rings. The summed E-state index contributed by atoms with van der Waals surface area (Å²) in [5, 5.41) is 10.5. The van der Waals surface area contributed by atoms with E-state index >= 15 is 0 Å². The molecule has 2 atom stereocenters. The molecule has 2 heterocycles. The SMILES string of the molecule is NS(=O)(=O)C[C@@H]1CC[C@H](Nc2ncnc3ccsc23)C1. The molecule has 2 aromatic heterocycles. The van der Waals surface area contributed by atoms with E-state index < -0.39 is 10.0 Å². The van der Waals surface area contributed by atoms with Crippen LogP contribution >= 0.6 is 11.3 Å². The molecule has 0 aliphatic heterocycles. The van der Waals surface area contributed by atoms with Crippen molar-refractivity contribution >= 4 is 37.4 Å². The Morgan fingerprint density at radius 2 is 2.25 bits per heavy atom. The van der Waals surface area contributed by atoms with Crippen molar-refractivity contribution in [2.75, 3.05) is 11.1 Å². The van der Waals surface area contributed by atoms with Crippen LogP contribution in [0.15, 0.2) is 17.8 Å². The maximum atomic E-state index is 11.1. The van der Waals surface area contributed by atoms with Gasteiger partial charge in [-0.1, -0.05) is 0 Å². The summed E-state index contributed by atoms with van der Waals surface area (Å²) in [5.74, 6) is 1.05. The van der Waals surface area contributed by atoms with Crippen LogP contribution in [0.4, 0.5) is 5.82 Å². The number of anilines is 1. The molecule has 3 N–H and O–H groups in total. The van der Waals surface area contributed by atoms with Gasteiger partial charge < -0.3 is 5.32 Å². The Bertz CT molecular complexity index is 713. The molecule has 2 aromatic rings. The van der Waals surface area contributed by atoms with E-state index in [4.69, 9.17) is 5.14 Å². The normalized spacial score (nSPS) is 23.2. The fourth-order valence-electron chi connectivity index (χ4n) is 2.77. The van der Waals surface area contributed by atoms with Gasteiger partial charge in [0.25, 0.3) is 0 Å². The number of hydrogen-bond donors (Lipinski definition) is 2. The van der Waals surface area contributed by atoms with E-state index in [1.807, 2.05) is 11.4 Å². The van der Waals surface area contributed by atoms with Crippen LogP contribution in [0.2, 0.25) is 0 Å². The van der Waals surface area contributed by atoms with Crippen LogP contribution in [0.3, 0.4) is 0 Å². The third kappa shape index (κ3) is 3.08. The first-order valence-electron chi connectivity index (χ1n) is 6.46. The molecule has 0 radical (unpaired) electrons. The second kappa shape index (κ2) is 5.27. The van der Waals surface area contributed by atoms with Gasteiger partial charge in [0.05, 0.1) is 16.0 Å². The number of hydrogen-bond acceptors (Lipinski definition) is 6. The fourth-order valence-corrected chi connectivity index (χ4v) is 4.53. The molecular formula is C12H16N4O2S2. The van der Waals surface area contributed by atoms with Gasteiger partial charge in [0.1, 0.15) is 12.1 Å². The minimum atomic E-state index is -3.38. The van der Waals surface area contributed by atoms with Crippen LogP contribution in [0.5, 0.6) is 0 Å². The molecule has 108 valence electrons. The van der Waals surface area contributed by atoms with Crippen molar-refractivity contribution in [2.24, 2.45) is 11.1 Å². The molecule has 1 fully saturated rings. The number of nitrogens with zero attached hydrogens (tertiary/aromatic N) is 2. The van der Waals surface area contributed by atoms with Crippen LogP contribution in [-0.2, 0) is 10.0 Å². The lowest BCUT2D eigenvalue weighted by molar-refractivity contribution is 0.557. The van der Waals surface area contributed by atoms with Gasteiger partial charge in [0, 0.05) is 6.04 Å². The summed E-state index contributed by atoms with van der Waals surface area (Å²) in [5.41, 5.74) is 0.937. The summed E-state index contributed by atoms with van der Waals surface area (Å²) >= 11 is 1.60. The molecule has 1 aliphatic carbocycles. The van der Waals surface area contributed by atoms with Crippen molar-refractivity contribution < 1.29 is 8.42 Å². The third-order valence-electron chi connectivity index (χ3n) is 3.59. The van der Waals surface area contributed by atoms with Crippen molar-refractivity contribution in [1.29, 1.82) is 0 Å². The molecule has 0 aromatic carbocycles. The zero-order valence-corrected chi connectivity index (χ0v) is 12.5. The van der Waals surface area contributed by atoms with Gasteiger partial charge in [-0.2, -0.15) is 0 Å². The lowest BCUT2D eigenvalue weighted by Crippen LogP contribution is -2.23. The highest BCUT2D eigenvalue weighted by atomic mass is 32.2. The van der Waals surface area contributed by atoms with E-state index in [0.717, 1.165) is 35.3 Å². The monoisotopic (exact) mass is 312 g/mol. The highest BCUT2D eigenvalue weighted by molar-refractivity contribution is 7.89. The molecule has 0 unspecified atom stereocenters. The number of fused-ring (bicyclic) bond motifs is 1. The summed E-state index contributed by atoms with van der Waals surface area (Å²) in [4.78, 5) is 8.49. The Kier molecular flexibility index (Phi) is 3.61. The van der Waals surface area contributed by atoms with Crippen molar-refractivity contribution in [3.05, 3.63) is 17.8 Å². The molecule has 0 amide bonds. The zero-order valence-electron chi connectivity index (χ0n) is 10.8. The van der Waals surface area contributed by atoms with Crippen LogP contribution in [-0.4, -0.2) is 30.2 Å². The lowest BCUT2D eigenvalue weighted by atomic mass is 10.1. The van der Waals surface area contributed by atoms with Crippen molar-refractivity contribution in [1.82, 2.24) is 9.97 Å². The Balaban J connectivity index is 1.69. The second-order valence-corrected chi connectivity index (χ2v) is 7.78. The van der Waals surface area contributed by atoms with E-state index in [1.54, 1.807) is 17.7 Å². The first kappa shape index (κ1) is 13.7. The zero-order chi connectivity index (χ0) is 14.2. The summed E-state index contributed by atoms with van der Waals surface area (Å²) in [6.45, 7) is 0. The molecular weight excluding hydrogens is 296 g/mol. The molecule has 20 heavy (non-hydrogen) atoms.